The lowest BCUT2D eigenvalue weighted by atomic mass is 9.96. The molecule has 6 nitrogen and oxygen atoms in total. The van der Waals surface area contributed by atoms with Crippen molar-refractivity contribution in [2.24, 2.45) is 0 Å². The van der Waals surface area contributed by atoms with Crippen molar-refractivity contribution in [3.8, 4) is 5.69 Å². The van der Waals surface area contributed by atoms with Crippen LogP contribution in [0.15, 0.2) is 48.7 Å². The Morgan fingerprint density at radius 1 is 1.05 bits per heavy atom. The first-order valence-corrected chi connectivity index (χ1v) is 14.0. The average Bonchev–Trinajstić information content (AvgIpc) is 3.39. The van der Waals surface area contributed by atoms with E-state index in [1.807, 2.05) is 12.3 Å². The molecule has 2 aliphatic heterocycles. The zero-order valence-electron chi connectivity index (χ0n) is 22.5. The molecule has 7 heteroatoms. The second-order valence-corrected chi connectivity index (χ2v) is 10.6. The molecule has 0 saturated carbocycles. The van der Waals surface area contributed by atoms with Crippen LogP contribution in [0.3, 0.4) is 0 Å². The summed E-state index contributed by atoms with van der Waals surface area (Å²) < 4.78 is 7.98. The van der Waals surface area contributed by atoms with Gasteiger partial charge in [-0.05, 0) is 80.7 Å². The van der Waals surface area contributed by atoms with E-state index in [1.165, 1.54) is 33.8 Å². The summed E-state index contributed by atoms with van der Waals surface area (Å²) in [6.45, 7) is 14.6. The van der Waals surface area contributed by atoms with E-state index in [-0.39, 0.29) is 12.1 Å². The minimum Gasteiger partial charge on any atom is -0.379 e. The molecular weight excluding hydrogens is 478 g/mol. The Balaban J connectivity index is 1.51. The molecule has 1 aromatic carbocycles. The van der Waals surface area contributed by atoms with Crippen LogP contribution in [0.5, 0.6) is 0 Å². The van der Waals surface area contributed by atoms with Crippen molar-refractivity contribution in [3.63, 3.8) is 0 Å². The Labute approximate surface area is 226 Å². The molecule has 0 unspecified atom stereocenters. The summed E-state index contributed by atoms with van der Waals surface area (Å²) in [4.78, 5) is 9.64. The number of ether oxygens (including phenoxy) is 1. The number of hydrogen-bond donors (Lipinski definition) is 1. The number of aromatic nitrogens is 2. The van der Waals surface area contributed by atoms with Crippen molar-refractivity contribution in [3.05, 3.63) is 82.4 Å². The maximum absolute atomic E-state index is 5.95. The maximum Gasteiger partial charge on any atom is 0.170 e. The van der Waals surface area contributed by atoms with Gasteiger partial charge in [0.2, 0.25) is 0 Å². The summed E-state index contributed by atoms with van der Waals surface area (Å²) in [5.41, 5.74) is 8.86. The number of pyridine rings is 1. The Morgan fingerprint density at radius 2 is 1.86 bits per heavy atom. The number of hydrogen-bond acceptors (Lipinski definition) is 4. The van der Waals surface area contributed by atoms with Crippen LogP contribution in [0, 0.1) is 20.8 Å². The molecule has 0 spiro atoms. The quantitative estimate of drug-likeness (QED) is 0.422. The van der Waals surface area contributed by atoms with Gasteiger partial charge in [-0.15, -0.1) is 0 Å². The molecule has 2 aromatic heterocycles. The van der Waals surface area contributed by atoms with Gasteiger partial charge in [0.1, 0.15) is 0 Å². The van der Waals surface area contributed by atoms with E-state index in [1.54, 1.807) is 0 Å². The highest BCUT2D eigenvalue weighted by molar-refractivity contribution is 7.80. The molecule has 5 rings (SSSR count). The predicted octanol–water partition coefficient (Wildman–Crippen LogP) is 5.05. The largest absolute Gasteiger partial charge is 0.379 e. The highest BCUT2D eigenvalue weighted by Gasteiger charge is 2.41. The van der Waals surface area contributed by atoms with Crippen molar-refractivity contribution in [2.45, 2.75) is 52.6 Å². The molecule has 0 bridgehead atoms. The average molecular weight is 518 g/mol. The molecule has 2 atom stereocenters. The highest BCUT2D eigenvalue weighted by Crippen LogP contribution is 2.42. The molecule has 2 saturated heterocycles. The fraction of sp³-hybridized carbons (Fsp3) is 0.467. The van der Waals surface area contributed by atoms with Crippen molar-refractivity contribution in [1.82, 2.24) is 24.7 Å². The zero-order chi connectivity index (χ0) is 25.9. The molecule has 4 heterocycles. The van der Waals surface area contributed by atoms with Crippen LogP contribution < -0.4 is 5.32 Å². The number of nitrogens with one attached hydrogen (secondary N) is 1. The fourth-order valence-electron chi connectivity index (χ4n) is 6.03. The number of para-hydroxylation sites is 1. The smallest absolute Gasteiger partial charge is 0.170 e. The van der Waals surface area contributed by atoms with E-state index in [9.17, 15) is 0 Å². The summed E-state index contributed by atoms with van der Waals surface area (Å²) in [6.07, 6.45) is 3.94. The van der Waals surface area contributed by atoms with Gasteiger partial charge < -0.3 is 19.5 Å². The van der Waals surface area contributed by atoms with Crippen molar-refractivity contribution in [1.29, 1.82) is 0 Å². The lowest BCUT2D eigenvalue weighted by molar-refractivity contribution is 0.0365. The first kappa shape index (κ1) is 25.9. The molecule has 37 heavy (non-hydrogen) atoms. The summed E-state index contributed by atoms with van der Waals surface area (Å²) in [5.74, 6) is 0. The first-order valence-electron chi connectivity index (χ1n) is 13.6. The predicted molar refractivity (Wildman–Crippen MR) is 153 cm³/mol. The maximum atomic E-state index is 5.95. The van der Waals surface area contributed by atoms with Gasteiger partial charge in [0.15, 0.2) is 5.11 Å². The van der Waals surface area contributed by atoms with Crippen molar-refractivity contribution in [2.75, 3.05) is 39.4 Å². The molecule has 196 valence electrons. The third-order valence-electron chi connectivity index (χ3n) is 7.89. The third kappa shape index (κ3) is 5.17. The number of aryl methyl sites for hydroxylation is 3. The van der Waals surface area contributed by atoms with Crippen molar-refractivity contribution >= 4 is 17.3 Å². The van der Waals surface area contributed by atoms with Gasteiger partial charge in [0.05, 0.1) is 36.7 Å². The van der Waals surface area contributed by atoms with Gasteiger partial charge in [0.25, 0.3) is 0 Å². The number of nitrogens with zero attached hydrogens (tertiary/aromatic N) is 4. The Bertz CT molecular complexity index is 1230. The molecule has 0 amide bonds. The molecule has 0 radical (unpaired) electrons. The molecule has 2 fully saturated rings. The molecular formula is C30H39N5OS. The number of benzene rings is 1. The molecule has 1 N–H and O–H groups in total. The number of thiocarbonyl (C=S) groups is 1. The Kier molecular flexibility index (Phi) is 7.93. The fourth-order valence-corrected chi connectivity index (χ4v) is 6.36. The normalized spacial score (nSPS) is 20.4. The van der Waals surface area contributed by atoms with E-state index < -0.39 is 0 Å². The van der Waals surface area contributed by atoms with Crippen molar-refractivity contribution < 1.29 is 4.74 Å². The van der Waals surface area contributed by atoms with E-state index in [4.69, 9.17) is 21.9 Å². The summed E-state index contributed by atoms with van der Waals surface area (Å²) in [7, 11) is 0. The summed E-state index contributed by atoms with van der Waals surface area (Å²) >= 11 is 5.95. The van der Waals surface area contributed by atoms with Crippen LogP contribution >= 0.6 is 12.2 Å². The minimum absolute atomic E-state index is 0.00792. The Morgan fingerprint density at radius 3 is 2.59 bits per heavy atom. The van der Waals surface area contributed by atoms with Crippen LogP contribution in [0.4, 0.5) is 0 Å². The lowest BCUT2D eigenvalue weighted by Crippen LogP contribution is -2.39. The number of rotatable bonds is 8. The van der Waals surface area contributed by atoms with Gasteiger partial charge in [-0.3, -0.25) is 9.88 Å². The van der Waals surface area contributed by atoms with E-state index in [2.05, 4.69) is 83.8 Å². The van der Waals surface area contributed by atoms with E-state index in [0.717, 1.165) is 63.0 Å². The summed E-state index contributed by atoms with van der Waals surface area (Å²) in [5, 5.41) is 4.46. The van der Waals surface area contributed by atoms with Gasteiger partial charge in [-0.25, -0.2) is 0 Å². The first-order chi connectivity index (χ1) is 18.0. The van der Waals surface area contributed by atoms with Gasteiger partial charge in [-0.2, -0.15) is 0 Å². The summed E-state index contributed by atoms with van der Waals surface area (Å²) in [6, 6.07) is 15.2. The second kappa shape index (κ2) is 11.3. The van der Waals surface area contributed by atoms with Crippen LogP contribution in [0.25, 0.3) is 5.69 Å². The molecule has 3 aromatic rings. The minimum atomic E-state index is 0.00792. The highest BCUT2D eigenvalue weighted by atomic mass is 32.1. The monoisotopic (exact) mass is 517 g/mol. The van der Waals surface area contributed by atoms with Crippen LogP contribution in [0.2, 0.25) is 0 Å². The second-order valence-electron chi connectivity index (χ2n) is 10.2. The zero-order valence-corrected chi connectivity index (χ0v) is 23.4. The topological polar surface area (TPSA) is 45.6 Å². The van der Waals surface area contributed by atoms with Gasteiger partial charge in [0, 0.05) is 43.8 Å². The number of morpholine rings is 1. The van der Waals surface area contributed by atoms with E-state index >= 15 is 0 Å². The lowest BCUT2D eigenvalue weighted by Gasteiger charge is -2.30. The van der Waals surface area contributed by atoms with Gasteiger partial charge >= 0.3 is 0 Å². The SMILES string of the molecule is CCc1cccc(C)c1-n1c(C)cc([C@@H]2[C@@H](c3ccccn3)NC(=S)N2CCCN2CCOCC2)c1C. The molecule has 2 aliphatic rings. The molecule has 0 aliphatic carbocycles. The standard InChI is InChI=1S/C30H39N5OS/c1-5-24-11-8-10-21(2)28(24)35-22(3)20-25(23(35)4)29-27(26-12-6-7-13-31-26)32-30(37)34(29)15-9-14-33-16-18-36-19-17-33/h6-8,10-13,20,27,29H,5,9,14-19H2,1-4H3,(H,32,37)/t27-,29-/m1/s1. The van der Waals surface area contributed by atoms with E-state index in [0.29, 0.717) is 0 Å². The van der Waals surface area contributed by atoms with Crippen LogP contribution in [-0.4, -0.2) is 63.9 Å². The Hall–Kier alpha value is -2.74. The third-order valence-corrected chi connectivity index (χ3v) is 8.24. The van der Waals surface area contributed by atoms with Crippen LogP contribution in [0.1, 0.15) is 59.2 Å². The van der Waals surface area contributed by atoms with Crippen LogP contribution in [-0.2, 0) is 11.2 Å². The van der Waals surface area contributed by atoms with Gasteiger partial charge in [-0.1, -0.05) is 31.2 Å².